The zero-order chi connectivity index (χ0) is 21.7. The van der Waals surface area contributed by atoms with E-state index in [9.17, 15) is 14.4 Å². The third-order valence-corrected chi connectivity index (χ3v) is 7.66. The van der Waals surface area contributed by atoms with E-state index < -0.39 is 5.54 Å². The second kappa shape index (κ2) is 10.2. The molecule has 2 aliphatic carbocycles. The Morgan fingerprint density at radius 1 is 0.839 bits per heavy atom. The average Bonchev–Trinajstić information content (AvgIpc) is 2.98. The first-order chi connectivity index (χ1) is 15.1. The second-order valence-corrected chi connectivity index (χ2v) is 10.00. The molecule has 2 aliphatic heterocycles. The minimum atomic E-state index is -0.672. The Balaban J connectivity index is 1.22. The number of carbonyl (C=O) groups excluding carboxylic acids is 3. The molecule has 0 bridgehead atoms. The van der Waals surface area contributed by atoms with Crippen LogP contribution in [-0.4, -0.2) is 65.2 Å². The quantitative estimate of drug-likeness (QED) is 0.594. The van der Waals surface area contributed by atoms with Gasteiger partial charge in [-0.15, -0.1) is 0 Å². The fourth-order valence-corrected chi connectivity index (χ4v) is 5.73. The van der Waals surface area contributed by atoms with Crippen molar-refractivity contribution in [3.8, 4) is 0 Å². The van der Waals surface area contributed by atoms with Crippen molar-refractivity contribution in [3.05, 3.63) is 0 Å². The van der Waals surface area contributed by atoms with Crippen molar-refractivity contribution in [3.63, 3.8) is 0 Å². The Morgan fingerprint density at radius 3 is 2.03 bits per heavy atom. The number of amides is 5. The van der Waals surface area contributed by atoms with Gasteiger partial charge in [-0.2, -0.15) is 0 Å². The Labute approximate surface area is 185 Å². The standard InChI is InChI=1S/C23H39N5O3/c29-20-23(13-7-2-1-3-8-14-23)26-22(31)28(20)17-27-15-11-19(12-16-27)25-21(30)24-18-9-5-4-6-10-18/h18-19H,1-17H2,(H,26,31)(H2,24,25,30). The lowest BCUT2D eigenvalue weighted by Gasteiger charge is -2.35. The highest BCUT2D eigenvalue weighted by Crippen LogP contribution is 2.32. The highest BCUT2D eigenvalue weighted by molar-refractivity contribution is 6.07. The number of imide groups is 1. The van der Waals surface area contributed by atoms with Gasteiger partial charge in [0, 0.05) is 25.2 Å². The molecule has 0 unspecified atom stereocenters. The second-order valence-electron chi connectivity index (χ2n) is 10.00. The van der Waals surface area contributed by atoms with E-state index in [4.69, 9.17) is 0 Å². The zero-order valence-corrected chi connectivity index (χ0v) is 18.8. The van der Waals surface area contributed by atoms with E-state index in [1.165, 1.54) is 30.6 Å². The average molecular weight is 434 g/mol. The number of nitrogens with one attached hydrogen (secondary N) is 3. The smallest absolute Gasteiger partial charge is 0.326 e. The van der Waals surface area contributed by atoms with Crippen molar-refractivity contribution < 1.29 is 14.4 Å². The van der Waals surface area contributed by atoms with Gasteiger partial charge >= 0.3 is 12.1 Å². The van der Waals surface area contributed by atoms with E-state index in [0.717, 1.165) is 77.3 Å². The first-order valence-corrected chi connectivity index (χ1v) is 12.5. The molecule has 0 aromatic carbocycles. The zero-order valence-electron chi connectivity index (χ0n) is 18.8. The summed E-state index contributed by atoms with van der Waals surface area (Å²) in [6.45, 7) is 1.91. The van der Waals surface area contributed by atoms with Gasteiger partial charge in [-0.3, -0.25) is 9.69 Å². The maximum Gasteiger partial charge on any atom is 0.326 e. The lowest BCUT2D eigenvalue weighted by Crippen LogP contribution is -2.52. The number of urea groups is 2. The van der Waals surface area contributed by atoms with Crippen LogP contribution in [0.4, 0.5) is 9.59 Å². The largest absolute Gasteiger partial charge is 0.335 e. The summed E-state index contributed by atoms with van der Waals surface area (Å²) < 4.78 is 0. The highest BCUT2D eigenvalue weighted by Gasteiger charge is 2.50. The van der Waals surface area contributed by atoms with Gasteiger partial charge in [0.15, 0.2) is 0 Å². The van der Waals surface area contributed by atoms with Crippen LogP contribution in [-0.2, 0) is 4.79 Å². The SMILES string of the molecule is O=C(NC1CCCCC1)NC1CCN(CN2C(=O)NC3(CCCCCCC3)C2=O)CC1. The molecule has 2 heterocycles. The van der Waals surface area contributed by atoms with E-state index in [-0.39, 0.29) is 24.0 Å². The summed E-state index contributed by atoms with van der Waals surface area (Å²) >= 11 is 0. The molecule has 0 atom stereocenters. The van der Waals surface area contributed by atoms with E-state index >= 15 is 0 Å². The van der Waals surface area contributed by atoms with Gasteiger partial charge < -0.3 is 16.0 Å². The molecule has 0 radical (unpaired) electrons. The minimum Gasteiger partial charge on any atom is -0.335 e. The molecule has 5 amide bonds. The number of hydrogen-bond donors (Lipinski definition) is 3. The molecule has 0 aromatic heterocycles. The summed E-state index contributed by atoms with van der Waals surface area (Å²) in [4.78, 5) is 41.7. The van der Waals surface area contributed by atoms with Crippen molar-refractivity contribution in [2.24, 2.45) is 0 Å². The molecule has 8 heteroatoms. The van der Waals surface area contributed by atoms with Crippen molar-refractivity contribution in [2.75, 3.05) is 19.8 Å². The van der Waals surface area contributed by atoms with Gasteiger partial charge in [-0.05, 0) is 38.5 Å². The monoisotopic (exact) mass is 433 g/mol. The molecule has 4 fully saturated rings. The Bertz CT molecular complexity index is 648. The molecule has 4 rings (SSSR count). The molecule has 2 saturated heterocycles. The lowest BCUT2D eigenvalue weighted by molar-refractivity contribution is -0.133. The van der Waals surface area contributed by atoms with Crippen LogP contribution in [0.25, 0.3) is 0 Å². The number of carbonyl (C=O) groups is 3. The highest BCUT2D eigenvalue weighted by atomic mass is 16.2. The third-order valence-electron chi connectivity index (χ3n) is 7.66. The van der Waals surface area contributed by atoms with Crippen molar-refractivity contribution >= 4 is 18.0 Å². The number of hydrogen-bond acceptors (Lipinski definition) is 4. The van der Waals surface area contributed by atoms with E-state index in [2.05, 4.69) is 20.9 Å². The Hall–Kier alpha value is -1.83. The van der Waals surface area contributed by atoms with Gasteiger partial charge in [-0.1, -0.05) is 51.4 Å². The summed E-state index contributed by atoms with van der Waals surface area (Å²) in [6.07, 6.45) is 14.5. The fraction of sp³-hybridized carbons (Fsp3) is 0.870. The normalized spacial score (nSPS) is 26.4. The Kier molecular flexibility index (Phi) is 7.35. The maximum atomic E-state index is 13.2. The number of piperidine rings is 1. The van der Waals surface area contributed by atoms with Crippen molar-refractivity contribution in [2.45, 2.75) is 108 Å². The van der Waals surface area contributed by atoms with Gasteiger partial charge in [-0.25, -0.2) is 14.5 Å². The van der Waals surface area contributed by atoms with Crippen LogP contribution >= 0.6 is 0 Å². The van der Waals surface area contributed by atoms with Crippen LogP contribution in [0, 0.1) is 0 Å². The van der Waals surface area contributed by atoms with E-state index in [1.807, 2.05) is 0 Å². The van der Waals surface area contributed by atoms with Crippen LogP contribution in [0.3, 0.4) is 0 Å². The molecule has 0 aromatic rings. The van der Waals surface area contributed by atoms with Crippen LogP contribution in [0.15, 0.2) is 0 Å². The summed E-state index contributed by atoms with van der Waals surface area (Å²) in [5.41, 5.74) is -0.672. The van der Waals surface area contributed by atoms with Gasteiger partial charge in [0.1, 0.15) is 5.54 Å². The number of rotatable bonds is 4. The molecular weight excluding hydrogens is 394 g/mol. The predicted molar refractivity (Wildman–Crippen MR) is 118 cm³/mol. The summed E-state index contributed by atoms with van der Waals surface area (Å²) in [5.74, 6) is -0.0356. The molecule has 4 aliphatic rings. The topological polar surface area (TPSA) is 93.8 Å². The molecular formula is C23H39N5O3. The molecule has 8 nitrogen and oxygen atoms in total. The number of nitrogens with zero attached hydrogens (tertiary/aromatic N) is 2. The lowest BCUT2D eigenvalue weighted by atomic mass is 9.84. The molecule has 1 spiro atoms. The first-order valence-electron chi connectivity index (χ1n) is 12.5. The van der Waals surface area contributed by atoms with E-state index in [1.54, 1.807) is 0 Å². The van der Waals surface area contributed by atoms with E-state index in [0.29, 0.717) is 12.7 Å². The van der Waals surface area contributed by atoms with Gasteiger partial charge in [0.05, 0.1) is 6.67 Å². The van der Waals surface area contributed by atoms with Crippen LogP contribution in [0.2, 0.25) is 0 Å². The van der Waals surface area contributed by atoms with Gasteiger partial charge in [0.25, 0.3) is 5.91 Å². The molecule has 174 valence electrons. The van der Waals surface area contributed by atoms with Crippen LogP contribution in [0.1, 0.15) is 89.9 Å². The molecule has 3 N–H and O–H groups in total. The molecule has 2 saturated carbocycles. The summed E-state index contributed by atoms with van der Waals surface area (Å²) in [6, 6.07) is 0.178. The number of likely N-dealkylation sites (tertiary alicyclic amines) is 1. The van der Waals surface area contributed by atoms with Crippen molar-refractivity contribution in [1.82, 2.24) is 25.8 Å². The fourth-order valence-electron chi connectivity index (χ4n) is 5.73. The maximum absolute atomic E-state index is 13.2. The minimum absolute atomic E-state index is 0.0356. The van der Waals surface area contributed by atoms with Crippen LogP contribution < -0.4 is 16.0 Å². The van der Waals surface area contributed by atoms with Gasteiger partial charge in [0.2, 0.25) is 0 Å². The predicted octanol–water partition coefficient (Wildman–Crippen LogP) is 3.08. The Morgan fingerprint density at radius 2 is 1.39 bits per heavy atom. The van der Waals surface area contributed by atoms with Crippen molar-refractivity contribution in [1.29, 1.82) is 0 Å². The third kappa shape index (κ3) is 5.51. The van der Waals surface area contributed by atoms with Crippen LogP contribution in [0.5, 0.6) is 0 Å². The summed E-state index contributed by atoms with van der Waals surface area (Å²) in [5, 5.41) is 9.29. The first kappa shape index (κ1) is 22.4. The summed E-state index contributed by atoms with van der Waals surface area (Å²) in [7, 11) is 0. The molecule has 31 heavy (non-hydrogen) atoms.